The molecule has 0 radical (unpaired) electrons. The fourth-order valence-corrected chi connectivity index (χ4v) is 3.55. The van der Waals surface area contributed by atoms with Gasteiger partial charge in [0.1, 0.15) is 11.6 Å². The summed E-state index contributed by atoms with van der Waals surface area (Å²) in [7, 11) is 0. The van der Waals surface area contributed by atoms with Crippen molar-refractivity contribution in [3.05, 3.63) is 53.9 Å². The van der Waals surface area contributed by atoms with Crippen LogP contribution in [0.15, 0.2) is 47.4 Å². The maximum Gasteiger partial charge on any atom is 0.573 e. The molecule has 0 aliphatic heterocycles. The summed E-state index contributed by atoms with van der Waals surface area (Å²) in [6.07, 6.45) is -3.60. The van der Waals surface area contributed by atoms with Crippen LogP contribution < -0.4 is 4.74 Å². The average Bonchev–Trinajstić information content (AvgIpc) is 2.87. The van der Waals surface area contributed by atoms with Gasteiger partial charge in [0.15, 0.2) is 0 Å². The summed E-state index contributed by atoms with van der Waals surface area (Å²) >= 11 is 1.78. The first-order chi connectivity index (χ1) is 12.4. The minimum absolute atomic E-state index is 0.212. The number of thioether (sulfide) groups is 1. The van der Waals surface area contributed by atoms with Crippen LogP contribution in [0, 0.1) is 6.92 Å². The molecule has 0 unspecified atom stereocenters. The van der Waals surface area contributed by atoms with Crippen LogP contribution in [0.5, 0.6) is 5.75 Å². The van der Waals surface area contributed by atoms with E-state index in [2.05, 4.69) is 28.8 Å². The van der Waals surface area contributed by atoms with E-state index >= 15 is 0 Å². The summed E-state index contributed by atoms with van der Waals surface area (Å²) in [6, 6.07) is 12.2. The normalized spacial score (nSPS) is 11.9. The van der Waals surface area contributed by atoms with Gasteiger partial charge in [0, 0.05) is 11.4 Å². The van der Waals surface area contributed by atoms with Crippen molar-refractivity contribution in [1.82, 2.24) is 9.55 Å². The van der Waals surface area contributed by atoms with Crippen molar-refractivity contribution in [2.24, 2.45) is 0 Å². The lowest BCUT2D eigenvalue weighted by atomic mass is 10.2. The Labute approximate surface area is 154 Å². The van der Waals surface area contributed by atoms with Crippen molar-refractivity contribution in [3.8, 4) is 5.75 Å². The second-order valence-electron chi connectivity index (χ2n) is 5.94. The SMILES string of the molecule is CCCSc1ccc2nc(C)n(Cc3cccc(OC(F)(F)F)c3)c2c1. The maximum atomic E-state index is 12.4. The molecule has 26 heavy (non-hydrogen) atoms. The Balaban J connectivity index is 1.90. The number of halogens is 3. The second kappa shape index (κ2) is 7.61. The van der Waals surface area contributed by atoms with Gasteiger partial charge in [0.25, 0.3) is 0 Å². The highest BCUT2D eigenvalue weighted by Gasteiger charge is 2.31. The predicted octanol–water partition coefficient (Wildman–Crippen LogP) is 5.79. The highest BCUT2D eigenvalue weighted by Crippen LogP contribution is 2.27. The van der Waals surface area contributed by atoms with Crippen molar-refractivity contribution in [2.75, 3.05) is 5.75 Å². The summed E-state index contributed by atoms with van der Waals surface area (Å²) in [5.41, 5.74) is 2.58. The standard InChI is InChI=1S/C19H19F3N2OS/c1-3-9-26-16-7-8-17-18(11-16)24(13(2)23-17)12-14-5-4-6-15(10-14)25-19(20,21)22/h4-8,10-11H,3,9,12H2,1-2H3. The van der Waals surface area contributed by atoms with E-state index < -0.39 is 6.36 Å². The predicted molar refractivity (Wildman–Crippen MR) is 97.7 cm³/mol. The van der Waals surface area contributed by atoms with Gasteiger partial charge in [0.05, 0.1) is 11.0 Å². The molecule has 2 aromatic carbocycles. The first kappa shape index (κ1) is 18.6. The molecule has 0 aliphatic carbocycles. The Hall–Kier alpha value is -2.15. The number of aromatic nitrogens is 2. The van der Waals surface area contributed by atoms with Gasteiger partial charge >= 0.3 is 6.36 Å². The average molecular weight is 380 g/mol. The van der Waals surface area contributed by atoms with Crippen LogP contribution in [0.4, 0.5) is 13.2 Å². The Bertz CT molecular complexity index is 905. The van der Waals surface area contributed by atoms with Crippen LogP contribution in [0.3, 0.4) is 0 Å². The maximum absolute atomic E-state index is 12.4. The number of benzene rings is 2. The van der Waals surface area contributed by atoms with Crippen molar-refractivity contribution < 1.29 is 17.9 Å². The monoisotopic (exact) mass is 380 g/mol. The van der Waals surface area contributed by atoms with Gasteiger partial charge in [-0.05, 0) is 55.0 Å². The summed E-state index contributed by atoms with van der Waals surface area (Å²) < 4.78 is 43.3. The molecular weight excluding hydrogens is 361 g/mol. The Kier molecular flexibility index (Phi) is 5.46. The molecule has 0 fully saturated rings. The Morgan fingerprint density at radius 3 is 2.69 bits per heavy atom. The molecule has 0 saturated heterocycles. The molecule has 0 bridgehead atoms. The lowest BCUT2D eigenvalue weighted by molar-refractivity contribution is -0.274. The van der Waals surface area contributed by atoms with Gasteiger partial charge in [-0.2, -0.15) is 0 Å². The molecule has 0 atom stereocenters. The lowest BCUT2D eigenvalue weighted by Gasteiger charge is -2.12. The number of ether oxygens (including phenoxy) is 1. The number of nitrogens with zero attached hydrogens (tertiary/aromatic N) is 2. The number of aryl methyl sites for hydroxylation is 1. The van der Waals surface area contributed by atoms with Crippen LogP contribution in [-0.4, -0.2) is 21.7 Å². The fraction of sp³-hybridized carbons (Fsp3) is 0.316. The third-order valence-electron chi connectivity index (χ3n) is 3.86. The molecule has 3 nitrogen and oxygen atoms in total. The van der Waals surface area contributed by atoms with Crippen LogP contribution in [0.2, 0.25) is 0 Å². The van der Waals surface area contributed by atoms with E-state index in [1.54, 1.807) is 23.9 Å². The summed E-state index contributed by atoms with van der Waals surface area (Å²) in [6.45, 7) is 4.46. The van der Waals surface area contributed by atoms with Crippen molar-refractivity contribution in [1.29, 1.82) is 0 Å². The van der Waals surface area contributed by atoms with E-state index in [1.807, 2.05) is 17.6 Å². The summed E-state index contributed by atoms with van der Waals surface area (Å²) in [5, 5.41) is 0. The Morgan fingerprint density at radius 1 is 1.15 bits per heavy atom. The van der Waals surface area contributed by atoms with E-state index in [-0.39, 0.29) is 5.75 Å². The number of rotatable bonds is 6. The van der Waals surface area contributed by atoms with E-state index in [0.717, 1.165) is 39.5 Å². The third-order valence-corrected chi connectivity index (χ3v) is 5.06. The lowest BCUT2D eigenvalue weighted by Crippen LogP contribution is -2.17. The van der Waals surface area contributed by atoms with E-state index in [9.17, 15) is 13.2 Å². The molecule has 0 saturated carbocycles. The van der Waals surface area contributed by atoms with Crippen LogP contribution in [0.25, 0.3) is 11.0 Å². The largest absolute Gasteiger partial charge is 0.573 e. The number of fused-ring (bicyclic) bond motifs is 1. The van der Waals surface area contributed by atoms with Crippen LogP contribution in [0.1, 0.15) is 24.7 Å². The quantitative estimate of drug-likeness (QED) is 0.506. The number of imidazole rings is 1. The highest BCUT2D eigenvalue weighted by molar-refractivity contribution is 7.99. The Morgan fingerprint density at radius 2 is 1.96 bits per heavy atom. The molecule has 0 amide bonds. The molecule has 0 spiro atoms. The molecule has 3 rings (SSSR count). The van der Waals surface area contributed by atoms with Crippen LogP contribution >= 0.6 is 11.8 Å². The highest BCUT2D eigenvalue weighted by atomic mass is 32.2. The van der Waals surface area contributed by atoms with Gasteiger partial charge in [0.2, 0.25) is 0 Å². The number of hydrogen-bond donors (Lipinski definition) is 0. The number of alkyl halides is 3. The molecule has 1 heterocycles. The zero-order valence-corrected chi connectivity index (χ0v) is 15.3. The van der Waals surface area contributed by atoms with Gasteiger partial charge in [-0.15, -0.1) is 24.9 Å². The molecule has 0 N–H and O–H groups in total. The number of hydrogen-bond acceptors (Lipinski definition) is 3. The molecular formula is C19H19F3N2OS. The summed E-state index contributed by atoms with van der Waals surface area (Å²) in [5.74, 6) is 1.64. The fourth-order valence-electron chi connectivity index (χ4n) is 2.76. The molecule has 3 aromatic rings. The molecule has 1 aromatic heterocycles. The first-order valence-electron chi connectivity index (χ1n) is 8.30. The smallest absolute Gasteiger partial charge is 0.406 e. The van der Waals surface area contributed by atoms with Crippen molar-refractivity contribution >= 4 is 22.8 Å². The summed E-state index contributed by atoms with van der Waals surface area (Å²) in [4.78, 5) is 5.72. The minimum Gasteiger partial charge on any atom is -0.406 e. The van der Waals surface area contributed by atoms with Crippen molar-refractivity contribution in [3.63, 3.8) is 0 Å². The molecule has 7 heteroatoms. The van der Waals surface area contributed by atoms with Gasteiger partial charge < -0.3 is 9.30 Å². The second-order valence-corrected chi connectivity index (χ2v) is 7.11. The third kappa shape index (κ3) is 4.52. The zero-order valence-electron chi connectivity index (χ0n) is 14.5. The van der Waals surface area contributed by atoms with Gasteiger partial charge in [-0.25, -0.2) is 4.98 Å². The van der Waals surface area contributed by atoms with Crippen LogP contribution in [-0.2, 0) is 6.54 Å². The minimum atomic E-state index is -4.69. The van der Waals surface area contributed by atoms with E-state index in [0.29, 0.717) is 6.54 Å². The van der Waals surface area contributed by atoms with Gasteiger partial charge in [-0.3, -0.25) is 0 Å². The van der Waals surface area contributed by atoms with E-state index in [1.165, 1.54) is 12.1 Å². The molecule has 0 aliphatic rings. The van der Waals surface area contributed by atoms with E-state index in [4.69, 9.17) is 0 Å². The zero-order chi connectivity index (χ0) is 18.7. The molecule has 138 valence electrons. The van der Waals surface area contributed by atoms with Crippen molar-refractivity contribution in [2.45, 2.75) is 38.1 Å². The van der Waals surface area contributed by atoms with Gasteiger partial charge in [-0.1, -0.05) is 19.1 Å². The topological polar surface area (TPSA) is 27.1 Å². The first-order valence-corrected chi connectivity index (χ1v) is 9.28.